The monoisotopic (exact) mass is 252 g/mol. The molecule has 0 aliphatic rings. The van der Waals surface area contributed by atoms with Gasteiger partial charge in [-0.3, -0.25) is 14.4 Å². The Morgan fingerprint density at radius 2 is 1.89 bits per heavy atom. The molecule has 0 saturated heterocycles. The highest BCUT2D eigenvalue weighted by molar-refractivity contribution is 5.96. The van der Waals surface area contributed by atoms with Gasteiger partial charge in [-0.05, 0) is 18.9 Å². The summed E-state index contributed by atoms with van der Waals surface area (Å²) in [6, 6.07) is 1.70. The van der Waals surface area contributed by atoms with Crippen LogP contribution in [0.15, 0.2) is 16.9 Å². The van der Waals surface area contributed by atoms with Crippen LogP contribution in [0.25, 0.3) is 0 Å². The van der Waals surface area contributed by atoms with Crippen molar-refractivity contribution >= 4 is 11.9 Å². The fourth-order valence-corrected chi connectivity index (χ4v) is 1.35. The molecule has 0 radical (unpaired) electrons. The Morgan fingerprint density at radius 1 is 1.28 bits per heavy atom. The average Bonchev–Trinajstić information content (AvgIpc) is 2.27. The minimum Gasteiger partial charge on any atom is -0.480 e. The van der Waals surface area contributed by atoms with Gasteiger partial charge in [0.05, 0.1) is 0 Å². The predicted molar refractivity (Wildman–Crippen MR) is 65.7 cm³/mol. The third-order valence-electron chi connectivity index (χ3n) is 2.47. The van der Waals surface area contributed by atoms with Crippen LogP contribution in [0.5, 0.6) is 0 Å². The molecule has 0 fully saturated rings. The lowest BCUT2D eigenvalue weighted by Crippen LogP contribution is -2.38. The lowest BCUT2D eigenvalue weighted by Gasteiger charge is -2.11. The van der Waals surface area contributed by atoms with E-state index < -0.39 is 17.9 Å². The van der Waals surface area contributed by atoms with Gasteiger partial charge in [0.15, 0.2) is 0 Å². The summed E-state index contributed by atoms with van der Waals surface area (Å²) in [4.78, 5) is 36.4. The average molecular weight is 252 g/mol. The molecule has 0 spiro atoms. The van der Waals surface area contributed by atoms with Crippen LogP contribution in [0, 0.1) is 0 Å². The number of carboxylic acid groups (broad SMARTS) is 1. The maximum Gasteiger partial charge on any atom is 0.325 e. The van der Waals surface area contributed by atoms with Crippen LogP contribution in [0.3, 0.4) is 0 Å². The fraction of sp³-hybridized carbons (Fsp3) is 0.417. The minimum absolute atomic E-state index is 0.0716. The van der Waals surface area contributed by atoms with Crippen LogP contribution < -0.4 is 10.9 Å². The zero-order valence-electron chi connectivity index (χ0n) is 10.5. The smallest absolute Gasteiger partial charge is 0.325 e. The second kappa shape index (κ2) is 5.48. The molecule has 3 N–H and O–H groups in total. The van der Waals surface area contributed by atoms with Crippen LogP contribution in [0.4, 0.5) is 0 Å². The molecular formula is C12H16N2O4. The molecule has 1 atom stereocenters. The molecular weight excluding hydrogens is 236 g/mol. The molecule has 6 nitrogen and oxygen atoms in total. The molecule has 0 bridgehead atoms. The number of hydrogen-bond donors (Lipinski definition) is 3. The van der Waals surface area contributed by atoms with Gasteiger partial charge in [0, 0.05) is 17.3 Å². The van der Waals surface area contributed by atoms with E-state index in [1.54, 1.807) is 6.07 Å². The molecule has 1 heterocycles. The molecule has 0 aliphatic carbocycles. The maximum absolute atomic E-state index is 11.8. The Bertz CT molecular complexity index is 519. The van der Waals surface area contributed by atoms with Crippen LogP contribution in [0.1, 0.15) is 42.7 Å². The third-order valence-corrected chi connectivity index (χ3v) is 2.47. The third kappa shape index (κ3) is 3.44. The molecule has 1 aromatic rings. The quantitative estimate of drug-likeness (QED) is 0.734. The van der Waals surface area contributed by atoms with Gasteiger partial charge in [-0.25, -0.2) is 0 Å². The van der Waals surface area contributed by atoms with Gasteiger partial charge in [0.25, 0.3) is 5.91 Å². The molecule has 0 unspecified atom stereocenters. The molecule has 1 amide bonds. The molecule has 98 valence electrons. The first-order valence-electron chi connectivity index (χ1n) is 5.59. The van der Waals surface area contributed by atoms with Crippen LogP contribution in [-0.2, 0) is 4.79 Å². The van der Waals surface area contributed by atoms with E-state index in [1.165, 1.54) is 6.92 Å². The van der Waals surface area contributed by atoms with Crippen molar-refractivity contribution in [1.82, 2.24) is 10.3 Å². The summed E-state index contributed by atoms with van der Waals surface area (Å²) in [6.07, 6.45) is 0. The summed E-state index contributed by atoms with van der Waals surface area (Å²) in [5.74, 6) is -1.63. The SMILES string of the molecule is CC(C)c1cc(C(=O)N[C@@H](C)C(=O)O)cc(=O)[nH]1. The number of aromatic amines is 1. The van der Waals surface area contributed by atoms with Gasteiger partial charge in [-0.15, -0.1) is 0 Å². The highest BCUT2D eigenvalue weighted by atomic mass is 16.4. The van der Waals surface area contributed by atoms with Crippen LogP contribution in [0.2, 0.25) is 0 Å². The Balaban J connectivity index is 2.99. The van der Waals surface area contributed by atoms with E-state index in [1.807, 2.05) is 13.8 Å². The number of amides is 1. The number of carbonyl (C=O) groups is 2. The second-order valence-electron chi connectivity index (χ2n) is 4.38. The summed E-state index contributed by atoms with van der Waals surface area (Å²) >= 11 is 0. The van der Waals surface area contributed by atoms with Gasteiger partial charge in [-0.2, -0.15) is 0 Å². The first-order chi connectivity index (χ1) is 8.31. The molecule has 0 aliphatic heterocycles. The van der Waals surface area contributed by atoms with E-state index in [9.17, 15) is 14.4 Å². The Kier molecular flexibility index (Phi) is 4.25. The largest absolute Gasteiger partial charge is 0.480 e. The zero-order chi connectivity index (χ0) is 13.9. The number of hydrogen-bond acceptors (Lipinski definition) is 3. The summed E-state index contributed by atoms with van der Waals surface area (Å²) in [7, 11) is 0. The van der Waals surface area contributed by atoms with Crippen molar-refractivity contribution < 1.29 is 14.7 Å². The Morgan fingerprint density at radius 3 is 2.39 bits per heavy atom. The molecule has 18 heavy (non-hydrogen) atoms. The number of aromatic nitrogens is 1. The van der Waals surface area contributed by atoms with E-state index in [0.717, 1.165) is 6.07 Å². The lowest BCUT2D eigenvalue weighted by molar-refractivity contribution is -0.138. The van der Waals surface area contributed by atoms with Crippen molar-refractivity contribution in [2.75, 3.05) is 0 Å². The molecule has 0 aromatic carbocycles. The predicted octanol–water partition coefficient (Wildman–Crippen LogP) is 0.701. The fourth-order valence-electron chi connectivity index (χ4n) is 1.35. The number of aliphatic carboxylic acids is 1. The topological polar surface area (TPSA) is 99.3 Å². The van der Waals surface area contributed by atoms with Gasteiger partial charge >= 0.3 is 5.97 Å². The van der Waals surface area contributed by atoms with Crippen molar-refractivity contribution in [3.63, 3.8) is 0 Å². The second-order valence-corrected chi connectivity index (χ2v) is 4.38. The summed E-state index contributed by atoms with van der Waals surface area (Å²) < 4.78 is 0. The first kappa shape index (κ1) is 14.0. The Labute approximate surface area is 104 Å². The van der Waals surface area contributed by atoms with Crippen molar-refractivity contribution in [3.8, 4) is 0 Å². The van der Waals surface area contributed by atoms with Crippen molar-refractivity contribution in [3.05, 3.63) is 33.7 Å². The van der Waals surface area contributed by atoms with Crippen molar-refractivity contribution in [2.24, 2.45) is 0 Å². The highest BCUT2D eigenvalue weighted by Gasteiger charge is 2.16. The Hall–Kier alpha value is -2.11. The van der Waals surface area contributed by atoms with E-state index in [0.29, 0.717) is 5.69 Å². The number of pyridine rings is 1. The zero-order valence-corrected chi connectivity index (χ0v) is 10.5. The van der Waals surface area contributed by atoms with Gasteiger partial charge in [-0.1, -0.05) is 13.8 Å². The van der Waals surface area contributed by atoms with E-state index in [-0.39, 0.29) is 17.0 Å². The number of carbonyl (C=O) groups excluding carboxylic acids is 1. The van der Waals surface area contributed by atoms with Crippen LogP contribution in [-0.4, -0.2) is 28.0 Å². The van der Waals surface area contributed by atoms with E-state index in [2.05, 4.69) is 10.3 Å². The van der Waals surface area contributed by atoms with E-state index in [4.69, 9.17) is 5.11 Å². The van der Waals surface area contributed by atoms with Crippen LogP contribution >= 0.6 is 0 Å². The lowest BCUT2D eigenvalue weighted by atomic mass is 10.1. The number of H-pyrrole nitrogens is 1. The van der Waals surface area contributed by atoms with Gasteiger partial charge in [0.2, 0.25) is 5.56 Å². The molecule has 1 aromatic heterocycles. The summed E-state index contributed by atoms with van der Waals surface area (Å²) in [6.45, 7) is 5.12. The molecule has 1 rings (SSSR count). The standard InChI is InChI=1S/C12H16N2O4/c1-6(2)9-4-8(5-10(15)14-9)11(16)13-7(3)12(17)18/h4-7H,1-3H3,(H,13,16)(H,14,15)(H,17,18)/t7-/m0/s1. The van der Waals surface area contributed by atoms with Gasteiger partial charge < -0.3 is 15.4 Å². The first-order valence-corrected chi connectivity index (χ1v) is 5.59. The minimum atomic E-state index is -1.13. The van der Waals surface area contributed by atoms with E-state index >= 15 is 0 Å². The van der Waals surface area contributed by atoms with Crippen molar-refractivity contribution in [1.29, 1.82) is 0 Å². The number of nitrogens with one attached hydrogen (secondary N) is 2. The van der Waals surface area contributed by atoms with Crippen molar-refractivity contribution in [2.45, 2.75) is 32.7 Å². The normalized spacial score (nSPS) is 12.2. The molecule has 6 heteroatoms. The summed E-state index contributed by atoms with van der Waals surface area (Å²) in [5.41, 5.74) is 0.417. The number of rotatable bonds is 4. The van der Waals surface area contributed by atoms with Gasteiger partial charge in [0.1, 0.15) is 6.04 Å². The highest BCUT2D eigenvalue weighted by Crippen LogP contribution is 2.10. The summed E-state index contributed by atoms with van der Waals surface area (Å²) in [5, 5.41) is 11.0. The number of carboxylic acids is 1. The maximum atomic E-state index is 11.8. The molecule has 0 saturated carbocycles.